The smallest absolute Gasteiger partial charge is 0.296 e. The maximum atomic E-state index is 13.0. The van der Waals surface area contributed by atoms with Crippen molar-refractivity contribution in [1.82, 2.24) is 25.1 Å². The third kappa shape index (κ3) is 4.71. The number of aromatic nitrogens is 4. The average molecular weight is 443 g/mol. The SMILES string of the molecule is Cc1nnc(C(=O)CC(C)(C)c2nc(C(=O)NCc3ccc(F)cc3)c(O)c(=O)n2C)o1. The number of nitrogens with one attached hydrogen (secondary N) is 1. The molecular weight excluding hydrogens is 421 g/mol. The zero-order chi connectivity index (χ0) is 23.6. The fourth-order valence-corrected chi connectivity index (χ4v) is 3.19. The Hall–Kier alpha value is -3.89. The molecule has 3 aromatic rings. The molecule has 0 saturated heterocycles. The largest absolute Gasteiger partial charge is 0.501 e. The molecule has 0 aliphatic heterocycles. The molecule has 0 radical (unpaired) electrons. The maximum Gasteiger partial charge on any atom is 0.296 e. The van der Waals surface area contributed by atoms with Gasteiger partial charge in [-0.05, 0) is 17.7 Å². The van der Waals surface area contributed by atoms with Crippen molar-refractivity contribution in [2.75, 3.05) is 0 Å². The van der Waals surface area contributed by atoms with E-state index >= 15 is 0 Å². The minimum Gasteiger partial charge on any atom is -0.501 e. The molecule has 2 aromatic heterocycles. The molecule has 0 aliphatic rings. The zero-order valence-corrected chi connectivity index (χ0v) is 18.0. The molecule has 32 heavy (non-hydrogen) atoms. The molecule has 0 atom stereocenters. The van der Waals surface area contributed by atoms with Gasteiger partial charge in [-0.2, -0.15) is 0 Å². The molecular formula is C21H22FN5O5. The Labute approximate surface area is 182 Å². The highest BCUT2D eigenvalue weighted by molar-refractivity contribution is 5.95. The summed E-state index contributed by atoms with van der Waals surface area (Å²) in [5.41, 5.74) is -1.72. The topological polar surface area (TPSA) is 140 Å². The minimum atomic E-state index is -1.02. The second-order valence-electron chi connectivity index (χ2n) is 7.92. The normalized spacial score (nSPS) is 11.4. The number of ketones is 1. The quantitative estimate of drug-likeness (QED) is 0.527. The lowest BCUT2D eigenvalue weighted by atomic mass is 9.85. The molecule has 0 bridgehead atoms. The molecule has 2 heterocycles. The lowest BCUT2D eigenvalue weighted by Gasteiger charge is -2.25. The average Bonchev–Trinajstić information content (AvgIpc) is 3.17. The molecule has 168 valence electrons. The van der Waals surface area contributed by atoms with Crippen molar-refractivity contribution in [1.29, 1.82) is 0 Å². The highest BCUT2D eigenvalue weighted by atomic mass is 19.1. The van der Waals surface area contributed by atoms with E-state index in [0.29, 0.717) is 5.56 Å². The van der Waals surface area contributed by atoms with E-state index in [1.54, 1.807) is 20.8 Å². The molecule has 10 nitrogen and oxygen atoms in total. The Bertz CT molecular complexity index is 1230. The number of hydrogen-bond donors (Lipinski definition) is 2. The number of hydrogen-bond acceptors (Lipinski definition) is 8. The van der Waals surface area contributed by atoms with Crippen LogP contribution in [0.3, 0.4) is 0 Å². The molecule has 2 N–H and O–H groups in total. The summed E-state index contributed by atoms with van der Waals surface area (Å²) in [5.74, 6) is -2.30. The predicted molar refractivity (Wildman–Crippen MR) is 110 cm³/mol. The molecule has 0 aliphatic carbocycles. The molecule has 0 fully saturated rings. The standard InChI is InChI=1S/C21H22FN5O5/c1-11-25-26-18(32-11)14(28)9-21(2,3)20-24-15(16(29)19(31)27(20)4)17(30)23-10-12-5-7-13(22)8-6-12/h5-8,29H,9-10H2,1-4H3,(H,23,30). The molecule has 1 aromatic carbocycles. The van der Waals surface area contributed by atoms with Crippen LogP contribution < -0.4 is 10.9 Å². The number of halogens is 1. The molecule has 1 amide bonds. The van der Waals surface area contributed by atoms with Crippen LogP contribution in [0.15, 0.2) is 33.5 Å². The minimum absolute atomic E-state index is 0.0309. The van der Waals surface area contributed by atoms with Gasteiger partial charge in [0.05, 0.1) is 0 Å². The number of benzene rings is 1. The van der Waals surface area contributed by atoms with Gasteiger partial charge in [-0.3, -0.25) is 19.0 Å². The number of amides is 1. The van der Waals surface area contributed by atoms with E-state index in [9.17, 15) is 23.9 Å². The van der Waals surface area contributed by atoms with Gasteiger partial charge in [-0.25, -0.2) is 9.37 Å². The van der Waals surface area contributed by atoms with Gasteiger partial charge in [0.25, 0.3) is 17.4 Å². The van der Waals surface area contributed by atoms with E-state index in [0.717, 1.165) is 4.57 Å². The van der Waals surface area contributed by atoms with Crippen LogP contribution in [0.5, 0.6) is 5.75 Å². The van der Waals surface area contributed by atoms with Crippen LogP contribution in [0.4, 0.5) is 4.39 Å². The summed E-state index contributed by atoms with van der Waals surface area (Å²) in [6.07, 6.45) is -0.143. The van der Waals surface area contributed by atoms with Gasteiger partial charge in [-0.1, -0.05) is 26.0 Å². The van der Waals surface area contributed by atoms with Gasteiger partial charge in [-0.15, -0.1) is 10.2 Å². The van der Waals surface area contributed by atoms with Crippen LogP contribution in [0.1, 0.15) is 58.7 Å². The monoisotopic (exact) mass is 443 g/mol. The molecule has 3 rings (SSSR count). The van der Waals surface area contributed by atoms with Gasteiger partial charge in [0.1, 0.15) is 11.6 Å². The fraction of sp³-hybridized carbons (Fsp3) is 0.333. The highest BCUT2D eigenvalue weighted by Crippen LogP contribution is 2.27. The number of carbonyl (C=O) groups excluding carboxylic acids is 2. The third-order valence-electron chi connectivity index (χ3n) is 4.82. The number of carbonyl (C=O) groups is 2. The van der Waals surface area contributed by atoms with Crippen LogP contribution in [0.25, 0.3) is 0 Å². The van der Waals surface area contributed by atoms with Gasteiger partial charge in [0.15, 0.2) is 5.69 Å². The number of nitrogens with zero attached hydrogens (tertiary/aromatic N) is 4. The van der Waals surface area contributed by atoms with Crippen LogP contribution in [0, 0.1) is 12.7 Å². The van der Waals surface area contributed by atoms with Crippen LogP contribution in [0.2, 0.25) is 0 Å². The number of Topliss-reactive ketones (excluding diaryl/α,β-unsaturated/α-hetero) is 1. The lowest BCUT2D eigenvalue weighted by molar-refractivity contribution is 0.0919. The van der Waals surface area contributed by atoms with E-state index in [-0.39, 0.29) is 30.6 Å². The van der Waals surface area contributed by atoms with E-state index in [2.05, 4.69) is 20.5 Å². The van der Waals surface area contributed by atoms with Crippen LogP contribution >= 0.6 is 0 Å². The van der Waals surface area contributed by atoms with Gasteiger partial charge < -0.3 is 14.8 Å². The van der Waals surface area contributed by atoms with Crippen molar-refractivity contribution >= 4 is 11.7 Å². The highest BCUT2D eigenvalue weighted by Gasteiger charge is 2.33. The Kier molecular flexibility index (Phi) is 6.19. The van der Waals surface area contributed by atoms with E-state index in [1.807, 2.05) is 0 Å². The summed E-state index contributed by atoms with van der Waals surface area (Å²) < 4.78 is 19.3. The van der Waals surface area contributed by atoms with Gasteiger partial charge in [0, 0.05) is 32.4 Å². The predicted octanol–water partition coefficient (Wildman–Crippen LogP) is 1.80. The Morgan fingerprint density at radius 1 is 1.22 bits per heavy atom. The fourth-order valence-electron chi connectivity index (χ4n) is 3.19. The van der Waals surface area contributed by atoms with Crippen molar-refractivity contribution < 1.29 is 23.5 Å². The van der Waals surface area contributed by atoms with Gasteiger partial charge in [0.2, 0.25) is 17.4 Å². The molecule has 0 unspecified atom stereocenters. The first-order valence-electron chi connectivity index (χ1n) is 9.66. The summed E-state index contributed by atoms with van der Waals surface area (Å²) >= 11 is 0. The molecule has 11 heteroatoms. The first kappa shape index (κ1) is 22.8. The molecule has 0 spiro atoms. The summed E-state index contributed by atoms with van der Waals surface area (Å²) in [6.45, 7) is 4.90. The summed E-state index contributed by atoms with van der Waals surface area (Å²) in [7, 11) is 1.38. The second kappa shape index (κ2) is 8.69. The van der Waals surface area contributed by atoms with E-state index in [1.165, 1.54) is 31.3 Å². The Balaban J connectivity index is 1.88. The number of aromatic hydroxyl groups is 1. The number of rotatable bonds is 7. The second-order valence-corrected chi connectivity index (χ2v) is 7.92. The first-order valence-corrected chi connectivity index (χ1v) is 9.66. The zero-order valence-electron chi connectivity index (χ0n) is 18.0. The first-order chi connectivity index (χ1) is 15.0. The Morgan fingerprint density at radius 2 is 1.88 bits per heavy atom. The van der Waals surface area contributed by atoms with Crippen molar-refractivity contribution in [3.63, 3.8) is 0 Å². The van der Waals surface area contributed by atoms with E-state index in [4.69, 9.17) is 4.42 Å². The lowest BCUT2D eigenvalue weighted by Crippen LogP contribution is -2.36. The van der Waals surface area contributed by atoms with Gasteiger partial charge >= 0.3 is 0 Å². The maximum absolute atomic E-state index is 13.0. The van der Waals surface area contributed by atoms with Crippen molar-refractivity contribution in [2.24, 2.45) is 7.05 Å². The van der Waals surface area contributed by atoms with E-state index < -0.39 is 39.9 Å². The van der Waals surface area contributed by atoms with Crippen molar-refractivity contribution in [3.8, 4) is 5.75 Å². The summed E-state index contributed by atoms with van der Waals surface area (Å²) in [4.78, 5) is 41.9. The summed E-state index contributed by atoms with van der Waals surface area (Å²) in [6, 6.07) is 5.48. The number of aryl methyl sites for hydroxylation is 1. The third-order valence-corrected chi connectivity index (χ3v) is 4.82. The molecule has 0 saturated carbocycles. The van der Waals surface area contributed by atoms with Crippen molar-refractivity contribution in [3.05, 3.63) is 69.3 Å². The van der Waals surface area contributed by atoms with Crippen LogP contribution in [-0.4, -0.2) is 36.5 Å². The van der Waals surface area contributed by atoms with Crippen molar-refractivity contribution in [2.45, 2.75) is 39.2 Å². The Morgan fingerprint density at radius 3 is 2.47 bits per heavy atom. The summed E-state index contributed by atoms with van der Waals surface area (Å²) in [5, 5.41) is 20.1. The van der Waals surface area contributed by atoms with Crippen LogP contribution in [-0.2, 0) is 19.0 Å².